The van der Waals surface area contributed by atoms with Gasteiger partial charge in [0.25, 0.3) is 0 Å². The largest absolute Gasteiger partial charge is 0.481 e. The number of thiophene rings is 1. The van der Waals surface area contributed by atoms with Crippen molar-refractivity contribution in [2.75, 3.05) is 0 Å². The van der Waals surface area contributed by atoms with Crippen molar-refractivity contribution < 1.29 is 14.7 Å². The Bertz CT molecular complexity index is 972. The summed E-state index contributed by atoms with van der Waals surface area (Å²) in [7, 11) is 0. The quantitative estimate of drug-likeness (QED) is 0.780. The second-order valence-corrected chi connectivity index (χ2v) is 8.12. The molecule has 1 heterocycles. The first-order valence-corrected chi connectivity index (χ1v) is 9.66. The molecule has 136 valence electrons. The number of rotatable bonds is 5. The van der Waals surface area contributed by atoms with Crippen molar-refractivity contribution in [3.05, 3.63) is 59.0 Å². The molecule has 2 N–H and O–H groups in total. The van der Waals surface area contributed by atoms with Crippen LogP contribution in [-0.4, -0.2) is 17.0 Å². The van der Waals surface area contributed by atoms with Gasteiger partial charge in [-0.15, -0.1) is 11.3 Å². The molecule has 1 aromatic heterocycles. The number of nitriles is 1. The number of fused-ring (bicyclic) bond motifs is 2. The number of carbonyl (C=O) groups excluding carboxylic acids is 1. The van der Waals surface area contributed by atoms with E-state index in [0.29, 0.717) is 11.4 Å². The van der Waals surface area contributed by atoms with E-state index in [9.17, 15) is 14.7 Å². The number of hydrogen-bond acceptors (Lipinski definition) is 4. The Morgan fingerprint density at radius 3 is 2.67 bits per heavy atom. The van der Waals surface area contributed by atoms with Crippen molar-refractivity contribution >= 4 is 23.2 Å². The van der Waals surface area contributed by atoms with Crippen LogP contribution in [-0.2, 0) is 16.1 Å². The van der Waals surface area contributed by atoms with Gasteiger partial charge in [-0.25, -0.2) is 0 Å². The monoisotopic (exact) mass is 378 g/mol. The Balaban J connectivity index is 1.45. The van der Waals surface area contributed by atoms with Crippen LogP contribution in [0.2, 0.25) is 0 Å². The molecule has 2 aliphatic carbocycles. The van der Waals surface area contributed by atoms with E-state index < -0.39 is 17.8 Å². The molecule has 2 aromatic rings. The highest BCUT2D eigenvalue weighted by Gasteiger charge is 2.51. The minimum atomic E-state index is -0.889. The van der Waals surface area contributed by atoms with Gasteiger partial charge in [-0.1, -0.05) is 30.4 Å². The van der Waals surface area contributed by atoms with Gasteiger partial charge >= 0.3 is 5.97 Å². The predicted octanol–water partition coefficient (Wildman–Crippen LogP) is 3.43. The Hall–Kier alpha value is -2.91. The van der Waals surface area contributed by atoms with E-state index in [4.69, 9.17) is 5.26 Å². The average molecular weight is 378 g/mol. The highest BCUT2D eigenvalue weighted by molar-refractivity contribution is 7.16. The lowest BCUT2D eigenvalue weighted by Gasteiger charge is -2.23. The number of carbonyl (C=O) groups is 2. The summed E-state index contributed by atoms with van der Waals surface area (Å²) < 4.78 is 0. The first-order valence-electron chi connectivity index (χ1n) is 8.85. The summed E-state index contributed by atoms with van der Waals surface area (Å²) >= 11 is 1.43. The van der Waals surface area contributed by atoms with E-state index >= 15 is 0 Å². The van der Waals surface area contributed by atoms with Gasteiger partial charge in [0, 0.05) is 11.4 Å². The second-order valence-electron chi connectivity index (χ2n) is 7.03. The Labute approximate surface area is 161 Å². The molecule has 4 rings (SSSR count). The topological polar surface area (TPSA) is 90.2 Å². The molecule has 2 bridgehead atoms. The van der Waals surface area contributed by atoms with Crippen molar-refractivity contribution in [2.45, 2.75) is 13.0 Å². The van der Waals surface area contributed by atoms with E-state index in [1.54, 1.807) is 6.07 Å². The van der Waals surface area contributed by atoms with Crippen LogP contribution >= 0.6 is 11.3 Å². The van der Waals surface area contributed by atoms with E-state index in [0.717, 1.165) is 22.4 Å². The number of carboxylic acid groups (broad SMARTS) is 1. The van der Waals surface area contributed by atoms with Gasteiger partial charge in [0.15, 0.2) is 0 Å². The molecule has 6 heteroatoms. The molecule has 0 spiro atoms. The lowest BCUT2D eigenvalue weighted by molar-refractivity contribution is -0.147. The number of nitrogens with one attached hydrogen (secondary N) is 1. The molecule has 1 aromatic carbocycles. The number of hydrogen-bond donors (Lipinski definition) is 2. The summed E-state index contributed by atoms with van der Waals surface area (Å²) in [6.45, 7) is 0.354. The second kappa shape index (κ2) is 7.01. The standard InChI is InChI=1S/C21H18N2O3S/c22-10-16-6-7-17(27-16)13-3-1-2-12(8-13)11-23-20(24)18-14-4-5-15(9-14)19(18)21(25)26/h1-8,14-15,18-19H,9,11H2,(H,23,24)(H,25,26). The summed E-state index contributed by atoms with van der Waals surface area (Å²) in [6.07, 6.45) is 4.68. The summed E-state index contributed by atoms with van der Waals surface area (Å²) in [5.74, 6) is -2.19. The molecule has 0 saturated heterocycles. The fourth-order valence-electron chi connectivity index (χ4n) is 4.21. The maximum atomic E-state index is 12.7. The summed E-state index contributed by atoms with van der Waals surface area (Å²) in [5.41, 5.74) is 1.94. The van der Waals surface area contributed by atoms with E-state index in [1.165, 1.54) is 11.3 Å². The van der Waals surface area contributed by atoms with Crippen LogP contribution in [0, 0.1) is 35.0 Å². The van der Waals surface area contributed by atoms with Crippen LogP contribution in [0.25, 0.3) is 10.4 Å². The zero-order chi connectivity index (χ0) is 19.0. The lowest BCUT2D eigenvalue weighted by Crippen LogP contribution is -2.39. The van der Waals surface area contributed by atoms with Crippen molar-refractivity contribution in [3.8, 4) is 16.5 Å². The number of nitrogens with zero attached hydrogens (tertiary/aromatic N) is 1. The van der Waals surface area contributed by atoms with Crippen LogP contribution in [0.5, 0.6) is 0 Å². The third-order valence-electron chi connectivity index (χ3n) is 5.44. The molecule has 5 nitrogen and oxygen atoms in total. The first-order chi connectivity index (χ1) is 13.1. The maximum absolute atomic E-state index is 12.7. The lowest BCUT2D eigenvalue weighted by atomic mass is 9.82. The number of allylic oxidation sites excluding steroid dienone is 2. The maximum Gasteiger partial charge on any atom is 0.307 e. The van der Waals surface area contributed by atoms with Crippen molar-refractivity contribution in [2.24, 2.45) is 23.7 Å². The summed E-state index contributed by atoms with van der Waals surface area (Å²) in [6, 6.07) is 13.7. The van der Waals surface area contributed by atoms with E-state index in [2.05, 4.69) is 11.4 Å². The highest BCUT2D eigenvalue weighted by Crippen LogP contribution is 2.48. The number of amides is 1. The highest BCUT2D eigenvalue weighted by atomic mass is 32.1. The SMILES string of the molecule is N#Cc1ccc(-c2cccc(CNC(=O)C3C4C=CC(C4)C3C(=O)O)c2)s1. The van der Waals surface area contributed by atoms with Crippen molar-refractivity contribution in [3.63, 3.8) is 0 Å². The molecule has 4 unspecified atom stereocenters. The molecule has 1 amide bonds. The molecule has 0 aliphatic heterocycles. The van der Waals surface area contributed by atoms with Crippen LogP contribution in [0.15, 0.2) is 48.6 Å². The number of benzene rings is 1. The Morgan fingerprint density at radius 1 is 1.19 bits per heavy atom. The van der Waals surface area contributed by atoms with Gasteiger partial charge in [-0.3, -0.25) is 9.59 Å². The molecule has 4 atom stereocenters. The van der Waals surface area contributed by atoms with Gasteiger partial charge < -0.3 is 10.4 Å². The summed E-state index contributed by atoms with van der Waals surface area (Å²) in [4.78, 5) is 25.9. The van der Waals surface area contributed by atoms with Gasteiger partial charge in [0.05, 0.1) is 11.8 Å². The number of carboxylic acids is 1. The molecule has 27 heavy (non-hydrogen) atoms. The third kappa shape index (κ3) is 3.26. The number of aliphatic carboxylic acids is 1. The van der Waals surface area contributed by atoms with E-state index in [1.807, 2.05) is 42.5 Å². The molecule has 1 saturated carbocycles. The molecule has 0 radical (unpaired) electrons. The predicted molar refractivity (Wildman–Crippen MR) is 102 cm³/mol. The van der Waals surface area contributed by atoms with Crippen molar-refractivity contribution in [1.29, 1.82) is 5.26 Å². The van der Waals surface area contributed by atoms with Gasteiger partial charge in [-0.2, -0.15) is 5.26 Å². The Morgan fingerprint density at radius 2 is 1.96 bits per heavy atom. The molecule has 2 aliphatic rings. The van der Waals surface area contributed by atoms with Crippen LogP contribution in [0.3, 0.4) is 0 Å². The van der Waals surface area contributed by atoms with Crippen LogP contribution in [0.1, 0.15) is 16.9 Å². The van der Waals surface area contributed by atoms with Gasteiger partial charge in [0.2, 0.25) is 5.91 Å². The smallest absolute Gasteiger partial charge is 0.307 e. The average Bonchev–Trinajstić information content (AvgIpc) is 3.41. The third-order valence-corrected chi connectivity index (χ3v) is 6.48. The molecule has 1 fully saturated rings. The zero-order valence-electron chi connectivity index (χ0n) is 14.5. The first kappa shape index (κ1) is 17.5. The molecular weight excluding hydrogens is 360 g/mol. The molecular formula is C21H18N2O3S. The summed E-state index contributed by atoms with van der Waals surface area (Å²) in [5, 5.41) is 21.4. The fraction of sp³-hybridized carbons (Fsp3) is 0.286. The zero-order valence-corrected chi connectivity index (χ0v) is 15.3. The minimum absolute atomic E-state index is 0.0259. The minimum Gasteiger partial charge on any atom is -0.481 e. The normalized spacial score (nSPS) is 25.3. The Kier molecular flexibility index (Phi) is 4.54. The fourth-order valence-corrected chi connectivity index (χ4v) is 5.01. The van der Waals surface area contributed by atoms with Crippen LogP contribution in [0.4, 0.5) is 0 Å². The van der Waals surface area contributed by atoms with Gasteiger partial charge in [0.1, 0.15) is 10.9 Å². The van der Waals surface area contributed by atoms with E-state index in [-0.39, 0.29) is 17.7 Å². The van der Waals surface area contributed by atoms with Crippen molar-refractivity contribution in [1.82, 2.24) is 5.32 Å². The van der Waals surface area contributed by atoms with Gasteiger partial charge in [-0.05, 0) is 47.6 Å². The van der Waals surface area contributed by atoms with Crippen LogP contribution < -0.4 is 5.32 Å².